The van der Waals surface area contributed by atoms with Crippen LogP contribution in [0, 0.1) is 0 Å². The Kier molecular flexibility index (Phi) is 6.84. The van der Waals surface area contributed by atoms with E-state index < -0.39 is 10.0 Å². The van der Waals surface area contributed by atoms with Gasteiger partial charge in [-0.15, -0.1) is 0 Å². The van der Waals surface area contributed by atoms with Crippen molar-refractivity contribution in [2.45, 2.75) is 63.3 Å². The summed E-state index contributed by atoms with van der Waals surface area (Å²) >= 11 is 0. The van der Waals surface area contributed by atoms with Crippen LogP contribution in [0.15, 0.2) is 29.2 Å². The molecule has 0 radical (unpaired) electrons. The smallest absolute Gasteiger partial charge is 0.241 e. The molecule has 0 amide bonds. The SMILES string of the molecule is CCC(CC)(CC)NS(=O)(=O)c1ccc(CCCO)cc1. The summed E-state index contributed by atoms with van der Waals surface area (Å²) in [7, 11) is -3.49. The van der Waals surface area contributed by atoms with E-state index >= 15 is 0 Å². The summed E-state index contributed by atoms with van der Waals surface area (Å²) in [5, 5.41) is 8.81. The van der Waals surface area contributed by atoms with Gasteiger partial charge in [0, 0.05) is 12.1 Å². The molecule has 0 aliphatic rings. The molecular weight excluding hydrogens is 286 g/mol. The maximum Gasteiger partial charge on any atom is 0.241 e. The van der Waals surface area contributed by atoms with Crippen molar-refractivity contribution in [1.29, 1.82) is 0 Å². The predicted molar refractivity (Wildman–Crippen MR) is 85.8 cm³/mol. The van der Waals surface area contributed by atoms with Gasteiger partial charge in [0.25, 0.3) is 0 Å². The molecule has 0 bridgehead atoms. The van der Waals surface area contributed by atoms with Gasteiger partial charge in [0.2, 0.25) is 10.0 Å². The average molecular weight is 313 g/mol. The van der Waals surface area contributed by atoms with Gasteiger partial charge in [-0.3, -0.25) is 0 Å². The Morgan fingerprint density at radius 2 is 1.57 bits per heavy atom. The van der Waals surface area contributed by atoms with E-state index in [-0.39, 0.29) is 12.1 Å². The highest BCUT2D eigenvalue weighted by Gasteiger charge is 2.30. The second kappa shape index (κ2) is 7.92. The highest BCUT2D eigenvalue weighted by Crippen LogP contribution is 2.23. The van der Waals surface area contributed by atoms with Crippen molar-refractivity contribution < 1.29 is 13.5 Å². The Bertz CT molecular complexity index is 511. The summed E-state index contributed by atoms with van der Waals surface area (Å²) in [6, 6.07) is 6.91. The van der Waals surface area contributed by atoms with Gasteiger partial charge in [0.1, 0.15) is 0 Å². The maximum atomic E-state index is 12.5. The maximum absolute atomic E-state index is 12.5. The van der Waals surface area contributed by atoms with Gasteiger partial charge in [-0.25, -0.2) is 13.1 Å². The fraction of sp³-hybridized carbons (Fsp3) is 0.625. The van der Waals surface area contributed by atoms with E-state index in [0.717, 1.165) is 31.2 Å². The molecule has 0 aromatic heterocycles. The molecule has 1 aromatic rings. The van der Waals surface area contributed by atoms with Crippen molar-refractivity contribution in [3.05, 3.63) is 29.8 Å². The van der Waals surface area contributed by atoms with Crippen LogP contribution in [0.2, 0.25) is 0 Å². The molecule has 0 spiro atoms. The van der Waals surface area contributed by atoms with E-state index in [2.05, 4.69) is 4.72 Å². The number of nitrogens with one attached hydrogen (secondary N) is 1. The quantitative estimate of drug-likeness (QED) is 0.736. The summed E-state index contributed by atoms with van der Waals surface area (Å²) in [6.07, 6.45) is 3.76. The second-order valence-corrected chi connectivity index (χ2v) is 7.10. The van der Waals surface area contributed by atoms with Crippen LogP contribution in [0.3, 0.4) is 0 Å². The van der Waals surface area contributed by atoms with Crippen molar-refractivity contribution in [1.82, 2.24) is 4.72 Å². The van der Waals surface area contributed by atoms with Gasteiger partial charge in [0.05, 0.1) is 4.90 Å². The number of sulfonamides is 1. The summed E-state index contributed by atoms with van der Waals surface area (Å²) in [4.78, 5) is 0.301. The number of aliphatic hydroxyl groups is 1. The predicted octanol–water partition coefficient (Wildman–Crippen LogP) is 2.86. The third-order valence-corrected chi connectivity index (χ3v) is 5.83. The number of benzene rings is 1. The molecule has 0 heterocycles. The zero-order valence-corrected chi connectivity index (χ0v) is 14.0. The van der Waals surface area contributed by atoms with E-state index in [1.54, 1.807) is 12.1 Å². The largest absolute Gasteiger partial charge is 0.396 e. The number of aliphatic hydroxyl groups excluding tert-OH is 1. The van der Waals surface area contributed by atoms with E-state index in [9.17, 15) is 8.42 Å². The normalized spacial score (nSPS) is 12.6. The van der Waals surface area contributed by atoms with Crippen LogP contribution >= 0.6 is 0 Å². The molecular formula is C16H27NO3S. The molecule has 0 saturated carbocycles. The Labute approximate surface area is 128 Å². The van der Waals surface area contributed by atoms with Gasteiger partial charge in [-0.1, -0.05) is 32.9 Å². The lowest BCUT2D eigenvalue weighted by Crippen LogP contribution is -2.46. The number of aryl methyl sites for hydroxylation is 1. The first-order chi connectivity index (χ1) is 9.93. The molecule has 5 heteroatoms. The van der Waals surface area contributed by atoms with Gasteiger partial charge < -0.3 is 5.11 Å². The topological polar surface area (TPSA) is 66.4 Å². The first-order valence-electron chi connectivity index (χ1n) is 7.66. The van der Waals surface area contributed by atoms with E-state index in [0.29, 0.717) is 11.3 Å². The molecule has 0 aliphatic carbocycles. The van der Waals surface area contributed by atoms with Crippen LogP contribution < -0.4 is 4.72 Å². The molecule has 2 N–H and O–H groups in total. The van der Waals surface area contributed by atoms with Gasteiger partial charge >= 0.3 is 0 Å². The molecule has 21 heavy (non-hydrogen) atoms. The number of hydrogen-bond donors (Lipinski definition) is 2. The first-order valence-corrected chi connectivity index (χ1v) is 9.15. The molecule has 0 unspecified atom stereocenters. The monoisotopic (exact) mass is 313 g/mol. The minimum absolute atomic E-state index is 0.146. The molecule has 0 aliphatic heterocycles. The standard InChI is InChI=1S/C16H27NO3S/c1-4-16(5-2,6-3)17-21(19,20)15-11-9-14(10-12-15)8-7-13-18/h9-12,17-18H,4-8,13H2,1-3H3. The van der Waals surface area contributed by atoms with Crippen molar-refractivity contribution >= 4 is 10.0 Å². The highest BCUT2D eigenvalue weighted by molar-refractivity contribution is 7.89. The average Bonchev–Trinajstić information content (AvgIpc) is 2.51. The lowest BCUT2D eigenvalue weighted by molar-refractivity contribution is 0.288. The zero-order valence-electron chi connectivity index (χ0n) is 13.2. The molecule has 1 aromatic carbocycles. The number of hydrogen-bond acceptors (Lipinski definition) is 3. The Balaban J connectivity index is 2.92. The van der Waals surface area contributed by atoms with Gasteiger partial charge in [-0.05, 0) is 49.8 Å². The van der Waals surface area contributed by atoms with E-state index in [1.807, 2.05) is 32.9 Å². The molecule has 120 valence electrons. The van der Waals surface area contributed by atoms with Crippen LogP contribution in [0.5, 0.6) is 0 Å². The Morgan fingerprint density at radius 3 is 2.00 bits per heavy atom. The fourth-order valence-corrected chi connectivity index (χ4v) is 4.04. The fourth-order valence-electron chi connectivity index (χ4n) is 2.43. The lowest BCUT2D eigenvalue weighted by atomic mass is 9.91. The van der Waals surface area contributed by atoms with Crippen molar-refractivity contribution in [2.24, 2.45) is 0 Å². The van der Waals surface area contributed by atoms with Gasteiger partial charge in [0.15, 0.2) is 0 Å². The van der Waals surface area contributed by atoms with Crippen LogP contribution in [0.25, 0.3) is 0 Å². The molecule has 0 atom stereocenters. The van der Waals surface area contributed by atoms with Crippen LogP contribution in [-0.4, -0.2) is 25.7 Å². The van der Waals surface area contributed by atoms with Crippen molar-refractivity contribution in [3.63, 3.8) is 0 Å². The van der Waals surface area contributed by atoms with Crippen LogP contribution in [-0.2, 0) is 16.4 Å². The minimum Gasteiger partial charge on any atom is -0.396 e. The Hall–Kier alpha value is -0.910. The highest BCUT2D eigenvalue weighted by atomic mass is 32.2. The van der Waals surface area contributed by atoms with Gasteiger partial charge in [-0.2, -0.15) is 0 Å². The first kappa shape index (κ1) is 18.1. The lowest BCUT2D eigenvalue weighted by Gasteiger charge is -2.31. The van der Waals surface area contributed by atoms with Crippen LogP contribution in [0.1, 0.15) is 52.0 Å². The third-order valence-electron chi connectivity index (χ3n) is 4.24. The molecule has 1 rings (SSSR count). The summed E-state index contributed by atoms with van der Waals surface area (Å²) in [5.41, 5.74) is 0.671. The Morgan fingerprint density at radius 1 is 1.05 bits per heavy atom. The summed E-state index contributed by atoms with van der Waals surface area (Å²) in [5.74, 6) is 0. The summed E-state index contributed by atoms with van der Waals surface area (Å²) < 4.78 is 27.9. The zero-order chi connectivity index (χ0) is 15.9. The van der Waals surface area contributed by atoms with Crippen molar-refractivity contribution in [2.75, 3.05) is 6.61 Å². The van der Waals surface area contributed by atoms with Crippen LogP contribution in [0.4, 0.5) is 0 Å². The van der Waals surface area contributed by atoms with E-state index in [1.165, 1.54) is 0 Å². The number of rotatable bonds is 9. The third kappa shape index (κ3) is 4.80. The molecule has 0 saturated heterocycles. The van der Waals surface area contributed by atoms with Crippen molar-refractivity contribution in [3.8, 4) is 0 Å². The summed E-state index contributed by atoms with van der Waals surface area (Å²) in [6.45, 7) is 6.17. The molecule has 4 nitrogen and oxygen atoms in total. The second-order valence-electron chi connectivity index (χ2n) is 5.42. The minimum atomic E-state index is -3.49. The van der Waals surface area contributed by atoms with E-state index in [4.69, 9.17) is 5.11 Å². The molecule has 0 fully saturated rings.